The van der Waals surface area contributed by atoms with Crippen LogP contribution in [-0.4, -0.2) is 42.4 Å². The summed E-state index contributed by atoms with van der Waals surface area (Å²) in [6.45, 7) is 1.34. The van der Waals surface area contributed by atoms with E-state index in [0.717, 1.165) is 30.6 Å². The number of hydrogen-bond acceptors (Lipinski definition) is 6. The topological polar surface area (TPSA) is 108 Å². The highest BCUT2D eigenvalue weighted by Crippen LogP contribution is 2.23. The van der Waals surface area contributed by atoms with Crippen LogP contribution in [0.25, 0.3) is 11.3 Å². The zero-order valence-electron chi connectivity index (χ0n) is 15.4. The number of fused-ring (bicyclic) bond motifs is 1. The third-order valence-electron chi connectivity index (χ3n) is 4.86. The Balaban J connectivity index is 1.42. The maximum absolute atomic E-state index is 12.6. The van der Waals surface area contributed by atoms with Crippen molar-refractivity contribution in [3.8, 4) is 11.3 Å². The Morgan fingerprint density at radius 2 is 2.00 bits per heavy atom. The molecule has 1 aromatic carbocycles. The van der Waals surface area contributed by atoms with E-state index in [0.29, 0.717) is 25.3 Å². The molecule has 9 heteroatoms. The van der Waals surface area contributed by atoms with E-state index in [1.807, 2.05) is 30.3 Å². The van der Waals surface area contributed by atoms with Crippen LogP contribution >= 0.6 is 0 Å². The Hall–Kier alpha value is -3.36. The van der Waals surface area contributed by atoms with E-state index in [4.69, 9.17) is 0 Å². The van der Waals surface area contributed by atoms with Gasteiger partial charge >= 0.3 is 0 Å². The van der Waals surface area contributed by atoms with Gasteiger partial charge in [-0.05, 0) is 29.3 Å². The fourth-order valence-electron chi connectivity index (χ4n) is 3.39. The predicted octanol–water partition coefficient (Wildman–Crippen LogP) is 0.981. The average Bonchev–Trinajstić information content (AvgIpc) is 3.09. The summed E-state index contributed by atoms with van der Waals surface area (Å²) < 4.78 is 3.08. The molecule has 3 aromatic rings. The number of carbonyl (C=O) groups excluding carboxylic acids is 1. The van der Waals surface area contributed by atoms with Gasteiger partial charge in [-0.1, -0.05) is 36.8 Å². The Labute approximate surface area is 161 Å². The Bertz CT molecular complexity index is 1010. The number of amides is 1. The highest BCUT2D eigenvalue weighted by molar-refractivity contribution is 5.82. The van der Waals surface area contributed by atoms with Crippen molar-refractivity contribution in [2.24, 2.45) is 0 Å². The van der Waals surface area contributed by atoms with Crippen molar-refractivity contribution >= 4 is 5.91 Å². The molecule has 144 valence electrons. The Morgan fingerprint density at radius 1 is 1.14 bits per heavy atom. The summed E-state index contributed by atoms with van der Waals surface area (Å²) in [5.41, 5.74) is 1.45. The minimum atomic E-state index is -0.363. The van der Waals surface area contributed by atoms with Crippen molar-refractivity contribution in [1.82, 2.24) is 35.3 Å². The fraction of sp³-hybridized carbons (Fsp3) is 0.368. The molecule has 0 spiro atoms. The molecular formula is C19H21N7O2. The van der Waals surface area contributed by atoms with Crippen molar-refractivity contribution < 1.29 is 4.79 Å². The lowest BCUT2D eigenvalue weighted by Crippen LogP contribution is -2.35. The third-order valence-corrected chi connectivity index (χ3v) is 4.86. The van der Waals surface area contributed by atoms with E-state index in [-0.39, 0.29) is 17.4 Å². The second-order valence-corrected chi connectivity index (χ2v) is 6.75. The quantitative estimate of drug-likeness (QED) is 0.708. The van der Waals surface area contributed by atoms with Crippen LogP contribution in [0.5, 0.6) is 0 Å². The van der Waals surface area contributed by atoms with Crippen LogP contribution in [0.4, 0.5) is 0 Å². The lowest BCUT2D eigenvalue weighted by Gasteiger charge is -2.14. The molecule has 0 radical (unpaired) electrons. The monoisotopic (exact) mass is 379 g/mol. The van der Waals surface area contributed by atoms with Gasteiger partial charge in [0.1, 0.15) is 0 Å². The molecule has 9 nitrogen and oxygen atoms in total. The van der Waals surface area contributed by atoms with Crippen LogP contribution in [0.2, 0.25) is 0 Å². The van der Waals surface area contributed by atoms with Gasteiger partial charge < -0.3 is 5.32 Å². The van der Waals surface area contributed by atoms with Crippen molar-refractivity contribution in [1.29, 1.82) is 0 Å². The predicted molar refractivity (Wildman–Crippen MR) is 101 cm³/mol. The summed E-state index contributed by atoms with van der Waals surface area (Å²) >= 11 is 0. The number of aromatic nitrogens is 6. The number of hydrogen-bond donors (Lipinski definition) is 1. The summed E-state index contributed by atoms with van der Waals surface area (Å²) in [5, 5.41) is 19.0. The summed E-state index contributed by atoms with van der Waals surface area (Å²) in [6.07, 6.45) is 2.60. The van der Waals surface area contributed by atoms with Crippen LogP contribution < -0.4 is 10.9 Å². The maximum atomic E-state index is 12.6. The molecule has 0 bridgehead atoms. The van der Waals surface area contributed by atoms with Gasteiger partial charge in [-0.25, -0.2) is 9.36 Å². The SMILES string of the molecule is O=C(NCCn1nc(-c2ccccc2)ccc1=O)C1CCCCn2nnnc21. The summed E-state index contributed by atoms with van der Waals surface area (Å²) in [5.74, 6) is 0.124. The number of aryl methyl sites for hydroxylation is 1. The molecular weight excluding hydrogens is 358 g/mol. The van der Waals surface area contributed by atoms with Gasteiger partial charge in [0.15, 0.2) is 5.82 Å². The average molecular weight is 379 g/mol. The van der Waals surface area contributed by atoms with E-state index in [2.05, 4.69) is 25.9 Å². The molecule has 2 aromatic heterocycles. The van der Waals surface area contributed by atoms with Crippen LogP contribution in [0.3, 0.4) is 0 Å². The third kappa shape index (κ3) is 3.83. The van der Waals surface area contributed by atoms with Crippen molar-refractivity contribution in [2.45, 2.75) is 38.3 Å². The molecule has 1 atom stereocenters. The van der Waals surface area contributed by atoms with Gasteiger partial charge in [-0.15, -0.1) is 5.10 Å². The van der Waals surface area contributed by atoms with Crippen LogP contribution in [0.15, 0.2) is 47.3 Å². The smallest absolute Gasteiger partial charge is 0.266 e. The van der Waals surface area contributed by atoms with Crippen LogP contribution in [0, 0.1) is 0 Å². The molecule has 1 unspecified atom stereocenters. The Kier molecular flexibility index (Phi) is 5.22. The zero-order valence-corrected chi connectivity index (χ0v) is 15.4. The van der Waals surface area contributed by atoms with Gasteiger partial charge in [0.25, 0.3) is 5.56 Å². The first-order valence-corrected chi connectivity index (χ1v) is 9.40. The van der Waals surface area contributed by atoms with E-state index in [1.165, 1.54) is 10.7 Å². The number of nitrogens with zero attached hydrogens (tertiary/aromatic N) is 6. The zero-order chi connectivity index (χ0) is 19.3. The summed E-state index contributed by atoms with van der Waals surface area (Å²) in [4.78, 5) is 24.8. The van der Waals surface area contributed by atoms with Crippen LogP contribution in [0.1, 0.15) is 31.0 Å². The number of carbonyl (C=O) groups is 1. The number of tetrazole rings is 1. The van der Waals surface area contributed by atoms with Gasteiger partial charge in [0.2, 0.25) is 5.91 Å². The van der Waals surface area contributed by atoms with Crippen molar-refractivity contribution in [2.75, 3.05) is 6.54 Å². The van der Waals surface area contributed by atoms with E-state index >= 15 is 0 Å². The molecule has 4 rings (SSSR count). The van der Waals surface area contributed by atoms with Gasteiger partial charge in [0, 0.05) is 24.7 Å². The van der Waals surface area contributed by atoms with E-state index < -0.39 is 0 Å². The van der Waals surface area contributed by atoms with Gasteiger partial charge in [-0.2, -0.15) is 5.10 Å². The second kappa shape index (κ2) is 8.12. The lowest BCUT2D eigenvalue weighted by atomic mass is 10.0. The Morgan fingerprint density at radius 3 is 2.86 bits per heavy atom. The molecule has 1 aliphatic rings. The van der Waals surface area contributed by atoms with Crippen molar-refractivity contribution in [3.63, 3.8) is 0 Å². The fourth-order valence-corrected chi connectivity index (χ4v) is 3.39. The molecule has 0 saturated heterocycles. The molecule has 0 fully saturated rings. The lowest BCUT2D eigenvalue weighted by molar-refractivity contribution is -0.122. The highest BCUT2D eigenvalue weighted by Gasteiger charge is 2.28. The molecule has 3 heterocycles. The number of rotatable bonds is 5. The molecule has 0 aliphatic carbocycles. The highest BCUT2D eigenvalue weighted by atomic mass is 16.2. The second-order valence-electron chi connectivity index (χ2n) is 6.75. The molecule has 0 saturated carbocycles. The van der Waals surface area contributed by atoms with Crippen LogP contribution in [-0.2, 0) is 17.9 Å². The molecule has 1 amide bonds. The van der Waals surface area contributed by atoms with Gasteiger partial charge in [-0.3, -0.25) is 9.59 Å². The van der Waals surface area contributed by atoms with Gasteiger partial charge in [0.05, 0.1) is 18.2 Å². The number of benzene rings is 1. The van der Waals surface area contributed by atoms with E-state index in [1.54, 1.807) is 10.7 Å². The summed E-state index contributed by atoms with van der Waals surface area (Å²) in [7, 11) is 0. The van der Waals surface area contributed by atoms with Crippen molar-refractivity contribution in [3.05, 3.63) is 58.6 Å². The first-order valence-electron chi connectivity index (χ1n) is 9.40. The summed E-state index contributed by atoms with van der Waals surface area (Å²) in [6, 6.07) is 12.9. The van der Waals surface area contributed by atoms with E-state index in [9.17, 15) is 9.59 Å². The largest absolute Gasteiger partial charge is 0.354 e. The minimum absolute atomic E-state index is 0.120. The molecule has 28 heavy (non-hydrogen) atoms. The number of nitrogens with one attached hydrogen (secondary N) is 1. The minimum Gasteiger partial charge on any atom is -0.354 e. The molecule has 1 aliphatic heterocycles. The first-order chi connectivity index (χ1) is 13.7. The first kappa shape index (κ1) is 18.0. The standard InChI is InChI=1S/C19H21N7O2/c27-17-10-9-16(14-6-2-1-3-7-14)22-25(17)13-11-20-19(28)15-8-4-5-12-26-18(15)21-23-24-26/h1-3,6-7,9-10,15H,4-5,8,11-13H2,(H,20,28). The maximum Gasteiger partial charge on any atom is 0.266 e. The normalized spacial score (nSPS) is 16.2. The molecule has 1 N–H and O–H groups in total.